The Balaban J connectivity index is 2.16. The predicted molar refractivity (Wildman–Crippen MR) is 85.0 cm³/mol. The molecule has 2 atom stereocenters. The van der Waals surface area contributed by atoms with Crippen molar-refractivity contribution in [2.45, 2.75) is 32.2 Å². The fourth-order valence-electron chi connectivity index (χ4n) is 2.48. The third-order valence-electron chi connectivity index (χ3n) is 3.52. The van der Waals surface area contributed by atoms with E-state index >= 15 is 0 Å². The minimum Gasteiger partial charge on any atom is -0.496 e. The minimum absolute atomic E-state index is 0.103. The molecule has 1 N–H and O–H groups in total. The maximum Gasteiger partial charge on any atom is 0.255 e. The second kappa shape index (κ2) is 6.31. The van der Waals surface area contributed by atoms with E-state index in [0.717, 1.165) is 16.4 Å². The lowest BCUT2D eigenvalue weighted by molar-refractivity contribution is 0.0934. The van der Waals surface area contributed by atoms with Crippen molar-refractivity contribution in [3.05, 3.63) is 26.3 Å². The number of carbonyl (C=O) groups is 1. The van der Waals surface area contributed by atoms with Gasteiger partial charge in [0.1, 0.15) is 5.75 Å². The van der Waals surface area contributed by atoms with E-state index < -0.39 is 0 Å². The van der Waals surface area contributed by atoms with Crippen LogP contribution in [0.25, 0.3) is 0 Å². The first kappa shape index (κ1) is 14.9. The van der Waals surface area contributed by atoms with Gasteiger partial charge >= 0.3 is 0 Å². The van der Waals surface area contributed by atoms with Crippen molar-refractivity contribution in [3.63, 3.8) is 0 Å². The summed E-state index contributed by atoms with van der Waals surface area (Å²) in [5, 5.41) is 3.64. The zero-order valence-electron chi connectivity index (χ0n) is 11.0. The number of rotatable bonds is 3. The summed E-state index contributed by atoms with van der Waals surface area (Å²) in [5.41, 5.74) is 0.507. The predicted octanol–water partition coefficient (Wildman–Crippen LogP) is 3.87. The lowest BCUT2D eigenvalue weighted by Gasteiger charge is -2.15. The van der Waals surface area contributed by atoms with Crippen LogP contribution in [0.2, 0.25) is 5.02 Å². The number of carbonyl (C=O) groups excluding carboxylic acids is 1. The summed E-state index contributed by atoms with van der Waals surface area (Å²) >= 11 is 8.21. The van der Waals surface area contributed by atoms with Gasteiger partial charge in [-0.1, -0.05) is 18.5 Å². The van der Waals surface area contributed by atoms with Gasteiger partial charge in [0, 0.05) is 9.61 Å². The van der Waals surface area contributed by atoms with E-state index in [2.05, 4.69) is 34.8 Å². The van der Waals surface area contributed by atoms with Crippen LogP contribution in [-0.2, 0) is 0 Å². The molecule has 1 aromatic carbocycles. The number of hydrogen-bond acceptors (Lipinski definition) is 2. The standard InChI is InChI=1S/C14H17ClINO2/c1-8-3-4-9(5-8)17-14(18)10-6-11(15)12(16)7-13(10)19-2/h6-9H,3-5H2,1-2H3,(H,17,18). The van der Waals surface area contributed by atoms with Crippen LogP contribution in [0.15, 0.2) is 12.1 Å². The van der Waals surface area contributed by atoms with Crippen LogP contribution in [-0.4, -0.2) is 19.1 Å². The van der Waals surface area contributed by atoms with E-state index in [4.69, 9.17) is 16.3 Å². The topological polar surface area (TPSA) is 38.3 Å². The molecule has 2 unspecified atom stereocenters. The second-order valence-electron chi connectivity index (χ2n) is 5.06. The molecule has 1 amide bonds. The Bertz CT molecular complexity index is 493. The number of nitrogens with one attached hydrogen (secondary N) is 1. The zero-order valence-corrected chi connectivity index (χ0v) is 13.9. The first-order valence-electron chi connectivity index (χ1n) is 6.35. The SMILES string of the molecule is COc1cc(I)c(Cl)cc1C(=O)NC1CCC(C)C1. The fraction of sp³-hybridized carbons (Fsp3) is 0.500. The average Bonchev–Trinajstić information content (AvgIpc) is 2.77. The van der Waals surface area contributed by atoms with Gasteiger partial charge in [0.25, 0.3) is 5.91 Å². The molecule has 19 heavy (non-hydrogen) atoms. The smallest absolute Gasteiger partial charge is 0.255 e. The average molecular weight is 394 g/mol. The molecule has 0 aliphatic heterocycles. The van der Waals surface area contributed by atoms with Gasteiger partial charge in [-0.15, -0.1) is 0 Å². The summed E-state index contributed by atoms with van der Waals surface area (Å²) in [5.74, 6) is 1.15. The lowest BCUT2D eigenvalue weighted by Crippen LogP contribution is -2.33. The number of ether oxygens (including phenoxy) is 1. The van der Waals surface area contributed by atoms with Crippen molar-refractivity contribution in [3.8, 4) is 5.75 Å². The molecule has 0 heterocycles. The van der Waals surface area contributed by atoms with E-state index in [9.17, 15) is 4.79 Å². The second-order valence-corrected chi connectivity index (χ2v) is 6.62. The first-order valence-corrected chi connectivity index (χ1v) is 7.80. The monoisotopic (exact) mass is 393 g/mol. The Hall–Kier alpha value is -0.490. The first-order chi connectivity index (χ1) is 9.01. The van der Waals surface area contributed by atoms with Gasteiger partial charge < -0.3 is 10.1 Å². The Morgan fingerprint density at radius 2 is 2.21 bits per heavy atom. The van der Waals surface area contributed by atoms with Crippen LogP contribution in [0.4, 0.5) is 0 Å². The van der Waals surface area contributed by atoms with E-state index in [1.165, 1.54) is 6.42 Å². The van der Waals surface area contributed by atoms with Gasteiger partial charge in [-0.05, 0) is 59.9 Å². The molecule has 3 nitrogen and oxygen atoms in total. The molecule has 2 rings (SSSR count). The van der Waals surface area contributed by atoms with Gasteiger partial charge in [0.05, 0.1) is 17.7 Å². The molecule has 0 bridgehead atoms. The Kier molecular flexibility index (Phi) is 4.95. The number of methoxy groups -OCH3 is 1. The van der Waals surface area contributed by atoms with Crippen LogP contribution < -0.4 is 10.1 Å². The molecular weight excluding hydrogens is 377 g/mol. The molecule has 0 aromatic heterocycles. The molecular formula is C14H17ClINO2. The van der Waals surface area contributed by atoms with Gasteiger partial charge in [-0.3, -0.25) is 4.79 Å². The van der Waals surface area contributed by atoms with Gasteiger partial charge in [-0.25, -0.2) is 0 Å². The maximum atomic E-state index is 12.3. The molecule has 1 aromatic rings. The highest BCUT2D eigenvalue weighted by Crippen LogP contribution is 2.29. The molecule has 1 aliphatic carbocycles. The van der Waals surface area contributed by atoms with E-state index in [-0.39, 0.29) is 11.9 Å². The number of benzene rings is 1. The normalized spacial score (nSPS) is 22.3. The van der Waals surface area contributed by atoms with Crippen molar-refractivity contribution in [1.82, 2.24) is 5.32 Å². The third-order valence-corrected chi connectivity index (χ3v) is 5.04. The summed E-state index contributed by atoms with van der Waals surface area (Å²) < 4.78 is 6.14. The molecule has 1 saturated carbocycles. The van der Waals surface area contributed by atoms with Gasteiger partial charge in [0.15, 0.2) is 0 Å². The Labute approximate surface area is 132 Å². The molecule has 0 saturated heterocycles. The number of amides is 1. The van der Waals surface area contributed by atoms with Crippen LogP contribution in [0.5, 0.6) is 5.75 Å². The summed E-state index contributed by atoms with van der Waals surface area (Å²) in [6.45, 7) is 2.22. The molecule has 104 valence electrons. The molecule has 0 radical (unpaired) electrons. The van der Waals surface area contributed by atoms with Crippen LogP contribution in [0, 0.1) is 9.49 Å². The van der Waals surface area contributed by atoms with Crippen LogP contribution in [0.1, 0.15) is 36.5 Å². The van der Waals surface area contributed by atoms with E-state index in [1.54, 1.807) is 19.2 Å². The minimum atomic E-state index is -0.103. The highest BCUT2D eigenvalue weighted by molar-refractivity contribution is 14.1. The summed E-state index contributed by atoms with van der Waals surface area (Å²) in [4.78, 5) is 12.3. The Morgan fingerprint density at radius 1 is 1.47 bits per heavy atom. The lowest BCUT2D eigenvalue weighted by atomic mass is 10.1. The molecule has 0 spiro atoms. The highest BCUT2D eigenvalue weighted by atomic mass is 127. The number of hydrogen-bond donors (Lipinski definition) is 1. The van der Waals surface area contributed by atoms with Crippen LogP contribution >= 0.6 is 34.2 Å². The van der Waals surface area contributed by atoms with Gasteiger partial charge in [0.2, 0.25) is 0 Å². The highest BCUT2D eigenvalue weighted by Gasteiger charge is 2.24. The van der Waals surface area contributed by atoms with E-state index in [0.29, 0.717) is 22.3 Å². The van der Waals surface area contributed by atoms with E-state index in [1.807, 2.05) is 0 Å². The third kappa shape index (κ3) is 3.54. The van der Waals surface area contributed by atoms with Crippen molar-refractivity contribution in [1.29, 1.82) is 0 Å². The van der Waals surface area contributed by atoms with Crippen molar-refractivity contribution >= 4 is 40.1 Å². The summed E-state index contributed by atoms with van der Waals surface area (Å²) in [7, 11) is 1.56. The molecule has 1 aliphatic rings. The summed E-state index contributed by atoms with van der Waals surface area (Å²) in [6.07, 6.45) is 3.27. The Morgan fingerprint density at radius 3 is 2.79 bits per heavy atom. The maximum absolute atomic E-state index is 12.3. The fourth-order valence-corrected chi connectivity index (χ4v) is 3.08. The summed E-state index contributed by atoms with van der Waals surface area (Å²) in [6, 6.07) is 3.73. The van der Waals surface area contributed by atoms with Crippen molar-refractivity contribution in [2.75, 3.05) is 7.11 Å². The largest absolute Gasteiger partial charge is 0.496 e. The number of halogens is 2. The van der Waals surface area contributed by atoms with Gasteiger partial charge in [-0.2, -0.15) is 0 Å². The quantitative estimate of drug-likeness (QED) is 0.792. The molecule has 5 heteroatoms. The van der Waals surface area contributed by atoms with Crippen molar-refractivity contribution < 1.29 is 9.53 Å². The molecule has 1 fully saturated rings. The van der Waals surface area contributed by atoms with Crippen molar-refractivity contribution in [2.24, 2.45) is 5.92 Å². The van der Waals surface area contributed by atoms with Crippen LogP contribution in [0.3, 0.4) is 0 Å². The zero-order chi connectivity index (χ0) is 14.0.